The molecule has 3 N–H and O–H groups in total. The summed E-state index contributed by atoms with van der Waals surface area (Å²) in [5.41, 5.74) is 8.03. The molecule has 0 aromatic heterocycles. The highest BCUT2D eigenvalue weighted by Crippen LogP contribution is 2.55. The molecule has 0 amide bonds. The number of nitrogens with two attached hydrogens (primary N) is 1. The standard InChI is InChI=1S/C20H33NO2/c1-6-8-15(9-7-2)20(22)16-13-17(21)18(23-5)12-14(16)10-11-19(20,3)4/h12-13,15,22H,6-11,21H2,1-5H3. The van der Waals surface area contributed by atoms with Crippen LogP contribution < -0.4 is 10.5 Å². The van der Waals surface area contributed by atoms with E-state index in [0.717, 1.165) is 44.1 Å². The van der Waals surface area contributed by atoms with Crippen molar-refractivity contribution in [3.05, 3.63) is 23.3 Å². The van der Waals surface area contributed by atoms with Crippen LogP contribution in [-0.4, -0.2) is 12.2 Å². The fourth-order valence-corrected chi connectivity index (χ4v) is 4.41. The van der Waals surface area contributed by atoms with Gasteiger partial charge in [-0.2, -0.15) is 0 Å². The number of nitrogen functional groups attached to an aromatic ring is 1. The van der Waals surface area contributed by atoms with Gasteiger partial charge in [0.1, 0.15) is 5.75 Å². The van der Waals surface area contributed by atoms with Gasteiger partial charge in [0.25, 0.3) is 0 Å². The molecule has 0 saturated carbocycles. The monoisotopic (exact) mass is 319 g/mol. The van der Waals surface area contributed by atoms with E-state index in [-0.39, 0.29) is 11.3 Å². The van der Waals surface area contributed by atoms with E-state index in [0.29, 0.717) is 11.4 Å². The van der Waals surface area contributed by atoms with Crippen LogP contribution in [0.5, 0.6) is 5.75 Å². The zero-order chi connectivity index (χ0) is 17.3. The van der Waals surface area contributed by atoms with Crippen molar-refractivity contribution in [3.63, 3.8) is 0 Å². The molecule has 3 heteroatoms. The van der Waals surface area contributed by atoms with Crippen molar-refractivity contribution in [2.24, 2.45) is 11.3 Å². The maximum atomic E-state index is 12.0. The third-order valence-corrected chi connectivity index (χ3v) is 5.78. The van der Waals surface area contributed by atoms with Gasteiger partial charge in [0, 0.05) is 0 Å². The van der Waals surface area contributed by atoms with Gasteiger partial charge in [0.2, 0.25) is 0 Å². The molecule has 0 fully saturated rings. The third kappa shape index (κ3) is 2.96. The number of aliphatic hydroxyl groups is 1. The largest absolute Gasteiger partial charge is 0.495 e. The van der Waals surface area contributed by atoms with Gasteiger partial charge < -0.3 is 15.6 Å². The highest BCUT2D eigenvalue weighted by Gasteiger charge is 2.52. The molecule has 1 unspecified atom stereocenters. The van der Waals surface area contributed by atoms with Crippen LogP contribution in [0.1, 0.15) is 70.9 Å². The molecule has 1 aliphatic rings. The smallest absolute Gasteiger partial charge is 0.142 e. The van der Waals surface area contributed by atoms with Crippen LogP contribution in [0, 0.1) is 11.3 Å². The predicted molar refractivity (Wildman–Crippen MR) is 96.7 cm³/mol. The lowest BCUT2D eigenvalue weighted by Gasteiger charge is -2.52. The number of hydrogen-bond donors (Lipinski definition) is 2. The molecule has 130 valence electrons. The van der Waals surface area contributed by atoms with Gasteiger partial charge in [-0.1, -0.05) is 40.5 Å². The molecule has 3 nitrogen and oxygen atoms in total. The van der Waals surface area contributed by atoms with Crippen molar-refractivity contribution in [1.82, 2.24) is 0 Å². The van der Waals surface area contributed by atoms with E-state index in [1.165, 1.54) is 5.56 Å². The summed E-state index contributed by atoms with van der Waals surface area (Å²) in [6, 6.07) is 3.99. The summed E-state index contributed by atoms with van der Waals surface area (Å²) in [4.78, 5) is 0. The van der Waals surface area contributed by atoms with Crippen molar-refractivity contribution < 1.29 is 9.84 Å². The average molecular weight is 319 g/mol. The lowest BCUT2D eigenvalue weighted by atomic mass is 9.56. The van der Waals surface area contributed by atoms with Crippen LogP contribution in [-0.2, 0) is 12.0 Å². The maximum absolute atomic E-state index is 12.0. The van der Waals surface area contributed by atoms with Gasteiger partial charge in [-0.15, -0.1) is 0 Å². The average Bonchev–Trinajstić information content (AvgIpc) is 2.51. The molecular weight excluding hydrogens is 286 g/mol. The van der Waals surface area contributed by atoms with Crippen LogP contribution >= 0.6 is 0 Å². The molecule has 0 spiro atoms. The Morgan fingerprint density at radius 2 is 1.83 bits per heavy atom. The molecule has 1 atom stereocenters. The van der Waals surface area contributed by atoms with Gasteiger partial charge in [-0.05, 0) is 60.3 Å². The number of hydrogen-bond acceptors (Lipinski definition) is 3. The Labute approximate surface area is 141 Å². The van der Waals surface area contributed by atoms with Crippen LogP contribution in [0.4, 0.5) is 5.69 Å². The number of ether oxygens (including phenoxy) is 1. The zero-order valence-electron chi connectivity index (χ0n) is 15.4. The van der Waals surface area contributed by atoms with Crippen molar-refractivity contribution >= 4 is 5.69 Å². The van der Waals surface area contributed by atoms with E-state index >= 15 is 0 Å². The second-order valence-electron chi connectivity index (χ2n) is 7.68. The number of rotatable bonds is 6. The van der Waals surface area contributed by atoms with Gasteiger partial charge in [-0.25, -0.2) is 0 Å². The molecule has 23 heavy (non-hydrogen) atoms. The van der Waals surface area contributed by atoms with Crippen molar-refractivity contribution in [2.75, 3.05) is 12.8 Å². The second kappa shape index (κ2) is 6.72. The number of fused-ring (bicyclic) bond motifs is 1. The van der Waals surface area contributed by atoms with Crippen LogP contribution in [0.25, 0.3) is 0 Å². The Balaban J connectivity index is 2.62. The molecule has 0 bridgehead atoms. The van der Waals surface area contributed by atoms with E-state index in [1.807, 2.05) is 12.1 Å². The fourth-order valence-electron chi connectivity index (χ4n) is 4.41. The molecule has 0 radical (unpaired) electrons. The van der Waals surface area contributed by atoms with E-state index in [1.54, 1.807) is 7.11 Å². The Kier molecular flexibility index (Phi) is 5.30. The Morgan fingerprint density at radius 1 is 1.22 bits per heavy atom. The topological polar surface area (TPSA) is 55.5 Å². The first-order chi connectivity index (χ1) is 10.8. The van der Waals surface area contributed by atoms with Crippen molar-refractivity contribution in [3.8, 4) is 5.75 Å². The maximum Gasteiger partial charge on any atom is 0.142 e. The Morgan fingerprint density at radius 3 is 2.35 bits per heavy atom. The summed E-state index contributed by atoms with van der Waals surface area (Å²) >= 11 is 0. The quantitative estimate of drug-likeness (QED) is 0.750. The lowest BCUT2D eigenvalue weighted by molar-refractivity contribution is -0.135. The molecular formula is C20H33NO2. The van der Waals surface area contributed by atoms with E-state index in [2.05, 4.69) is 27.7 Å². The summed E-state index contributed by atoms with van der Waals surface area (Å²) in [6.07, 6.45) is 6.20. The summed E-state index contributed by atoms with van der Waals surface area (Å²) in [6.45, 7) is 8.81. The first-order valence-corrected chi connectivity index (χ1v) is 9.01. The van der Waals surface area contributed by atoms with Crippen LogP contribution in [0.15, 0.2) is 12.1 Å². The Bertz CT molecular complexity index is 547. The van der Waals surface area contributed by atoms with Gasteiger partial charge >= 0.3 is 0 Å². The van der Waals surface area contributed by atoms with E-state index < -0.39 is 5.60 Å². The van der Waals surface area contributed by atoms with Crippen LogP contribution in [0.3, 0.4) is 0 Å². The molecule has 0 saturated heterocycles. The Hall–Kier alpha value is -1.22. The predicted octanol–water partition coefficient (Wildman–Crippen LogP) is 4.65. The highest BCUT2D eigenvalue weighted by atomic mass is 16.5. The minimum absolute atomic E-state index is 0.157. The molecule has 1 aromatic rings. The molecule has 2 rings (SSSR count). The minimum atomic E-state index is -0.826. The zero-order valence-corrected chi connectivity index (χ0v) is 15.4. The first-order valence-electron chi connectivity index (χ1n) is 9.01. The third-order valence-electron chi connectivity index (χ3n) is 5.78. The highest BCUT2D eigenvalue weighted by molar-refractivity contribution is 5.59. The summed E-state index contributed by atoms with van der Waals surface area (Å²) < 4.78 is 5.38. The van der Waals surface area contributed by atoms with Crippen molar-refractivity contribution in [2.45, 2.75) is 71.8 Å². The SMILES string of the molecule is CCCC(CCC)C1(O)c2cc(N)c(OC)cc2CCC1(C)C. The van der Waals surface area contributed by atoms with Gasteiger partial charge in [0.15, 0.2) is 0 Å². The van der Waals surface area contributed by atoms with Gasteiger partial charge in [0.05, 0.1) is 18.4 Å². The fraction of sp³-hybridized carbons (Fsp3) is 0.700. The summed E-state index contributed by atoms with van der Waals surface area (Å²) in [5.74, 6) is 0.979. The summed E-state index contributed by atoms with van der Waals surface area (Å²) in [7, 11) is 1.65. The molecule has 0 heterocycles. The number of methoxy groups -OCH3 is 1. The molecule has 1 aliphatic carbocycles. The van der Waals surface area contributed by atoms with Crippen molar-refractivity contribution in [1.29, 1.82) is 0 Å². The van der Waals surface area contributed by atoms with Crippen LogP contribution in [0.2, 0.25) is 0 Å². The number of benzene rings is 1. The number of aryl methyl sites for hydroxylation is 1. The van der Waals surface area contributed by atoms with Gasteiger partial charge in [-0.3, -0.25) is 0 Å². The lowest BCUT2D eigenvalue weighted by Crippen LogP contribution is -2.51. The summed E-state index contributed by atoms with van der Waals surface area (Å²) in [5, 5.41) is 12.0. The number of anilines is 1. The molecule has 1 aromatic carbocycles. The second-order valence-corrected chi connectivity index (χ2v) is 7.68. The van der Waals surface area contributed by atoms with E-state index in [4.69, 9.17) is 10.5 Å². The first kappa shape index (κ1) is 18.1. The normalized spacial score (nSPS) is 22.9. The van der Waals surface area contributed by atoms with E-state index in [9.17, 15) is 5.11 Å². The minimum Gasteiger partial charge on any atom is -0.495 e. The molecule has 0 aliphatic heterocycles.